The summed E-state index contributed by atoms with van der Waals surface area (Å²) in [5.74, 6) is 1.45. The number of methoxy groups -OCH3 is 1. The molecule has 0 aliphatic heterocycles. The van der Waals surface area contributed by atoms with E-state index in [4.69, 9.17) is 14.3 Å². The first-order chi connectivity index (χ1) is 9.83. The number of rotatable bonds is 7. The minimum atomic E-state index is 0.521. The average molecular weight is 273 g/mol. The van der Waals surface area contributed by atoms with Crippen LogP contribution in [0.25, 0.3) is 0 Å². The zero-order valence-corrected chi connectivity index (χ0v) is 11.8. The first-order valence-electron chi connectivity index (χ1n) is 6.43. The third-order valence-corrected chi connectivity index (χ3v) is 2.89. The fraction of sp³-hybridized carbons (Fsp3) is 0.250. The van der Waals surface area contributed by atoms with E-state index < -0.39 is 0 Å². The maximum absolute atomic E-state index is 5.80. The highest BCUT2D eigenvalue weighted by Gasteiger charge is 2.06. The van der Waals surface area contributed by atoms with Crippen LogP contribution in [0.5, 0.6) is 11.5 Å². The van der Waals surface area contributed by atoms with Gasteiger partial charge in [0.15, 0.2) is 11.5 Å². The lowest BCUT2D eigenvalue weighted by atomic mass is 10.2. The van der Waals surface area contributed by atoms with Gasteiger partial charge in [0.25, 0.3) is 0 Å². The molecule has 0 aliphatic carbocycles. The van der Waals surface area contributed by atoms with Crippen molar-refractivity contribution in [2.45, 2.75) is 13.2 Å². The highest BCUT2D eigenvalue weighted by Crippen LogP contribution is 2.28. The first kappa shape index (κ1) is 14.4. The van der Waals surface area contributed by atoms with E-state index in [1.165, 1.54) is 0 Å². The Kier molecular flexibility index (Phi) is 5.41. The summed E-state index contributed by atoms with van der Waals surface area (Å²) in [5.41, 5.74) is 4.99. The van der Waals surface area contributed by atoms with E-state index in [0.717, 1.165) is 22.6 Å². The van der Waals surface area contributed by atoms with Crippen LogP contribution in [0, 0.1) is 0 Å². The minimum Gasteiger partial charge on any atom is -0.493 e. The molecular formula is C16H19NO3. The number of ether oxygens (including phenoxy) is 2. The third-order valence-electron chi connectivity index (χ3n) is 2.89. The Morgan fingerprint density at radius 3 is 2.40 bits per heavy atom. The van der Waals surface area contributed by atoms with Crippen molar-refractivity contribution in [3.8, 4) is 11.5 Å². The van der Waals surface area contributed by atoms with Gasteiger partial charge in [-0.3, -0.25) is 0 Å². The molecule has 0 aliphatic rings. The molecular weight excluding hydrogens is 254 g/mol. The first-order valence-corrected chi connectivity index (χ1v) is 6.43. The molecule has 0 amide bonds. The molecule has 0 fully saturated rings. The predicted molar refractivity (Wildman–Crippen MR) is 77.6 cm³/mol. The van der Waals surface area contributed by atoms with Crippen molar-refractivity contribution in [2.75, 3.05) is 14.2 Å². The highest BCUT2D eigenvalue weighted by molar-refractivity contribution is 5.43. The Labute approximate surface area is 119 Å². The summed E-state index contributed by atoms with van der Waals surface area (Å²) in [7, 11) is 3.23. The van der Waals surface area contributed by atoms with Crippen molar-refractivity contribution in [1.82, 2.24) is 5.48 Å². The summed E-state index contributed by atoms with van der Waals surface area (Å²) in [6, 6.07) is 15.9. The Bertz CT molecular complexity index is 529. The Morgan fingerprint density at radius 1 is 0.900 bits per heavy atom. The fourth-order valence-corrected chi connectivity index (χ4v) is 1.83. The van der Waals surface area contributed by atoms with Gasteiger partial charge < -0.3 is 14.3 Å². The second kappa shape index (κ2) is 7.53. The molecule has 0 atom stereocenters. The third kappa shape index (κ3) is 3.98. The Hall–Kier alpha value is -2.04. The maximum atomic E-state index is 5.80. The number of hydroxylamine groups is 1. The van der Waals surface area contributed by atoms with Gasteiger partial charge in [-0.15, -0.1) is 0 Å². The number of hydrogen-bond donors (Lipinski definition) is 1. The summed E-state index contributed by atoms with van der Waals surface area (Å²) in [4.78, 5) is 4.83. The summed E-state index contributed by atoms with van der Waals surface area (Å²) >= 11 is 0. The molecule has 1 N–H and O–H groups in total. The summed E-state index contributed by atoms with van der Waals surface area (Å²) < 4.78 is 11.2. The molecule has 0 unspecified atom stereocenters. The van der Waals surface area contributed by atoms with E-state index in [1.54, 1.807) is 14.2 Å². The largest absolute Gasteiger partial charge is 0.493 e. The lowest BCUT2D eigenvalue weighted by molar-refractivity contribution is 0.0866. The van der Waals surface area contributed by atoms with E-state index in [9.17, 15) is 0 Å². The van der Waals surface area contributed by atoms with E-state index in [0.29, 0.717) is 13.2 Å². The van der Waals surface area contributed by atoms with Gasteiger partial charge >= 0.3 is 0 Å². The van der Waals surface area contributed by atoms with Crippen LogP contribution < -0.4 is 15.0 Å². The molecule has 106 valence electrons. The maximum Gasteiger partial charge on any atom is 0.161 e. The van der Waals surface area contributed by atoms with Crippen LogP contribution in [0.4, 0.5) is 0 Å². The van der Waals surface area contributed by atoms with Crippen molar-refractivity contribution in [3.63, 3.8) is 0 Å². The van der Waals surface area contributed by atoms with Crippen LogP contribution in [0.2, 0.25) is 0 Å². The number of hydrogen-bond acceptors (Lipinski definition) is 4. The Balaban J connectivity index is 2.03. The molecule has 4 nitrogen and oxygen atoms in total. The van der Waals surface area contributed by atoms with Crippen molar-refractivity contribution in [3.05, 3.63) is 59.7 Å². The molecule has 4 heteroatoms. The molecule has 20 heavy (non-hydrogen) atoms. The van der Waals surface area contributed by atoms with Crippen LogP contribution in [0.15, 0.2) is 48.5 Å². The zero-order chi connectivity index (χ0) is 14.2. The Morgan fingerprint density at radius 2 is 1.70 bits per heavy atom. The second-order valence-corrected chi connectivity index (χ2v) is 4.28. The molecule has 0 radical (unpaired) electrons. The second-order valence-electron chi connectivity index (χ2n) is 4.28. The van der Waals surface area contributed by atoms with Crippen LogP contribution in [-0.2, 0) is 18.0 Å². The van der Waals surface area contributed by atoms with E-state index in [2.05, 4.69) is 5.48 Å². The zero-order valence-electron chi connectivity index (χ0n) is 11.8. The smallest absolute Gasteiger partial charge is 0.161 e. The quantitative estimate of drug-likeness (QED) is 0.787. The molecule has 0 heterocycles. The van der Waals surface area contributed by atoms with Gasteiger partial charge in [-0.05, 0) is 23.3 Å². The van der Waals surface area contributed by atoms with Crippen LogP contribution in [-0.4, -0.2) is 14.2 Å². The monoisotopic (exact) mass is 273 g/mol. The fourth-order valence-electron chi connectivity index (χ4n) is 1.83. The number of nitrogens with one attached hydrogen (secondary N) is 1. The van der Waals surface area contributed by atoms with Crippen molar-refractivity contribution >= 4 is 0 Å². The normalized spacial score (nSPS) is 10.3. The van der Waals surface area contributed by atoms with Crippen LogP contribution >= 0.6 is 0 Å². The lowest BCUT2D eigenvalue weighted by Gasteiger charge is -2.12. The van der Waals surface area contributed by atoms with Gasteiger partial charge in [0.05, 0.1) is 14.2 Å². The molecule has 2 aromatic carbocycles. The van der Waals surface area contributed by atoms with Crippen molar-refractivity contribution in [1.29, 1.82) is 0 Å². The molecule has 2 rings (SSSR count). The molecule has 0 spiro atoms. The van der Waals surface area contributed by atoms with Crippen molar-refractivity contribution in [2.24, 2.45) is 0 Å². The summed E-state index contributed by atoms with van der Waals surface area (Å²) in [6.45, 7) is 1.14. The van der Waals surface area contributed by atoms with Gasteiger partial charge in [0, 0.05) is 6.54 Å². The molecule has 0 saturated carbocycles. The van der Waals surface area contributed by atoms with Crippen LogP contribution in [0.3, 0.4) is 0 Å². The van der Waals surface area contributed by atoms with Gasteiger partial charge in [0.1, 0.15) is 6.61 Å². The molecule has 0 saturated heterocycles. The summed E-state index contributed by atoms with van der Waals surface area (Å²) in [5, 5.41) is 0. The van der Waals surface area contributed by atoms with Crippen LogP contribution in [0.1, 0.15) is 11.1 Å². The van der Waals surface area contributed by atoms with Gasteiger partial charge in [-0.25, -0.2) is 0 Å². The minimum absolute atomic E-state index is 0.521. The van der Waals surface area contributed by atoms with Crippen molar-refractivity contribution < 1.29 is 14.3 Å². The van der Waals surface area contributed by atoms with Gasteiger partial charge in [0.2, 0.25) is 0 Å². The molecule has 0 aromatic heterocycles. The predicted octanol–water partition coefficient (Wildman–Crippen LogP) is 2.93. The number of benzene rings is 2. The van der Waals surface area contributed by atoms with Gasteiger partial charge in [-0.2, -0.15) is 5.48 Å². The average Bonchev–Trinajstić information content (AvgIpc) is 2.52. The SMILES string of the molecule is CONCc1ccc(OCc2ccccc2)c(OC)c1. The molecule has 2 aromatic rings. The highest BCUT2D eigenvalue weighted by atomic mass is 16.6. The topological polar surface area (TPSA) is 39.7 Å². The summed E-state index contributed by atoms with van der Waals surface area (Å²) in [6.07, 6.45) is 0. The molecule has 0 bridgehead atoms. The van der Waals surface area contributed by atoms with E-state index in [1.807, 2.05) is 48.5 Å². The lowest BCUT2D eigenvalue weighted by Crippen LogP contribution is -2.10. The van der Waals surface area contributed by atoms with Gasteiger partial charge in [-0.1, -0.05) is 36.4 Å². The standard InChI is InChI=1S/C16H19NO3/c1-18-16-10-14(11-17-19-2)8-9-15(16)20-12-13-6-4-3-5-7-13/h3-10,17H,11-12H2,1-2H3. The van der Waals surface area contributed by atoms with E-state index in [-0.39, 0.29) is 0 Å². The van der Waals surface area contributed by atoms with E-state index >= 15 is 0 Å².